The number of likely N-dealkylation sites (N-methyl/N-ethyl adjacent to an activating group) is 1. The van der Waals surface area contributed by atoms with Crippen LogP contribution in [0, 0.1) is 0 Å². The predicted octanol–water partition coefficient (Wildman–Crippen LogP) is 3.35. The molecule has 0 radical (unpaired) electrons. The zero-order valence-electron chi connectivity index (χ0n) is 17.7. The average molecular weight is 443 g/mol. The van der Waals surface area contributed by atoms with Gasteiger partial charge in [-0.15, -0.1) is 0 Å². The Labute approximate surface area is 186 Å². The molecule has 1 fully saturated rings. The Hall–Kier alpha value is -2.84. The number of halogens is 1. The second-order valence-corrected chi connectivity index (χ2v) is 8.22. The maximum atomic E-state index is 11.8. The molecule has 31 heavy (non-hydrogen) atoms. The number of carbonyl (C=O) groups excluding carboxylic acids is 1. The highest BCUT2D eigenvalue weighted by atomic mass is 35.5. The van der Waals surface area contributed by atoms with E-state index >= 15 is 0 Å². The fraction of sp³-hybridized carbons (Fsp3) is 0.409. The lowest BCUT2D eigenvalue weighted by molar-refractivity contribution is -0.121. The first kappa shape index (κ1) is 21.4. The first-order valence-electron chi connectivity index (χ1n) is 10.5. The molecule has 0 aliphatic heterocycles. The molecule has 0 spiro atoms. The van der Waals surface area contributed by atoms with Gasteiger partial charge in [0.05, 0.1) is 19.9 Å². The van der Waals surface area contributed by atoms with Gasteiger partial charge in [0, 0.05) is 29.2 Å². The van der Waals surface area contributed by atoms with Crippen molar-refractivity contribution < 1.29 is 9.53 Å². The van der Waals surface area contributed by atoms with Crippen LogP contribution in [0.3, 0.4) is 0 Å². The molecule has 3 aromatic rings. The van der Waals surface area contributed by atoms with Crippen molar-refractivity contribution in [1.82, 2.24) is 25.6 Å². The molecule has 8 nitrogen and oxygen atoms in total. The fourth-order valence-corrected chi connectivity index (χ4v) is 4.30. The first-order valence-corrected chi connectivity index (χ1v) is 10.8. The Kier molecular flexibility index (Phi) is 6.58. The molecule has 0 bridgehead atoms. The molecule has 1 aliphatic rings. The van der Waals surface area contributed by atoms with Gasteiger partial charge in [0.15, 0.2) is 0 Å². The lowest BCUT2D eigenvalue weighted by Gasteiger charge is -2.30. The van der Waals surface area contributed by atoms with Gasteiger partial charge in [-0.25, -0.2) is 9.97 Å². The minimum Gasteiger partial charge on any atom is -0.495 e. The molecule has 4 N–H and O–H groups in total. The number of aromatic amines is 1. The molecule has 9 heteroatoms. The number of nitrogens with zero attached hydrogens (tertiary/aromatic N) is 2. The normalized spacial score (nSPS) is 18.7. The number of hydrogen-bond donors (Lipinski definition) is 4. The van der Waals surface area contributed by atoms with Crippen molar-refractivity contribution in [3.8, 4) is 16.9 Å². The highest BCUT2D eigenvalue weighted by Gasteiger charge is 2.23. The maximum Gasteiger partial charge on any atom is 0.234 e. The highest BCUT2D eigenvalue weighted by Crippen LogP contribution is 2.33. The van der Waals surface area contributed by atoms with E-state index in [0.29, 0.717) is 23.5 Å². The van der Waals surface area contributed by atoms with E-state index in [-0.39, 0.29) is 11.9 Å². The van der Waals surface area contributed by atoms with Crippen LogP contribution in [0.4, 0.5) is 5.82 Å². The van der Waals surface area contributed by atoms with Crippen molar-refractivity contribution in [2.24, 2.45) is 0 Å². The molecule has 0 aromatic carbocycles. The van der Waals surface area contributed by atoms with Crippen LogP contribution in [0.2, 0.25) is 5.15 Å². The van der Waals surface area contributed by atoms with Crippen molar-refractivity contribution in [2.45, 2.75) is 37.8 Å². The second kappa shape index (κ2) is 9.53. The van der Waals surface area contributed by atoms with Gasteiger partial charge in [-0.05, 0) is 56.5 Å². The summed E-state index contributed by atoms with van der Waals surface area (Å²) in [6, 6.07) is 6.34. The van der Waals surface area contributed by atoms with Crippen LogP contribution in [0.25, 0.3) is 22.2 Å². The molecule has 0 unspecified atom stereocenters. The van der Waals surface area contributed by atoms with Gasteiger partial charge < -0.3 is 25.7 Å². The smallest absolute Gasteiger partial charge is 0.234 e. The first-order chi connectivity index (χ1) is 15.1. The number of hydrogen-bond acceptors (Lipinski definition) is 6. The third-order valence-electron chi connectivity index (χ3n) is 5.63. The minimum absolute atomic E-state index is 0.0462. The molecule has 1 saturated carbocycles. The monoisotopic (exact) mass is 442 g/mol. The summed E-state index contributed by atoms with van der Waals surface area (Å²) in [6.07, 6.45) is 7.41. The lowest BCUT2D eigenvalue weighted by atomic mass is 9.91. The van der Waals surface area contributed by atoms with Gasteiger partial charge in [-0.2, -0.15) is 0 Å². The molecule has 3 heterocycles. The standard InChI is InChI=1S/C22H27ClN6O2/c1-24-12-21(30)28-15-5-3-14(4-6-15)27-20-8-13(7-19(23)29-20)18-11-26-22-17(18)9-16(31-2)10-25-22/h7-11,14-15,24H,3-6,12H2,1-2H3,(H,25,26)(H,27,29)(H,28,30). The molecule has 164 valence electrons. The van der Waals surface area contributed by atoms with Crippen molar-refractivity contribution in [3.05, 3.63) is 35.7 Å². The van der Waals surface area contributed by atoms with Crippen LogP contribution in [-0.4, -0.2) is 53.6 Å². The summed E-state index contributed by atoms with van der Waals surface area (Å²) in [5.41, 5.74) is 2.73. The quantitative estimate of drug-likeness (QED) is 0.418. The maximum absolute atomic E-state index is 11.8. The SMILES string of the molecule is CNCC(=O)NC1CCC(Nc2cc(-c3c[nH]c4ncc(OC)cc34)cc(Cl)n2)CC1. The van der Waals surface area contributed by atoms with Crippen molar-refractivity contribution in [2.75, 3.05) is 26.0 Å². The van der Waals surface area contributed by atoms with Gasteiger partial charge in [-0.1, -0.05) is 11.6 Å². The number of amides is 1. The van der Waals surface area contributed by atoms with E-state index in [2.05, 4.69) is 30.9 Å². The van der Waals surface area contributed by atoms with E-state index in [9.17, 15) is 4.79 Å². The minimum atomic E-state index is 0.0462. The Morgan fingerprint density at radius 1 is 1.23 bits per heavy atom. The Bertz CT molecular complexity index is 1060. The molecule has 3 aromatic heterocycles. The number of fused-ring (bicyclic) bond motifs is 1. The van der Waals surface area contributed by atoms with Crippen molar-refractivity contribution in [1.29, 1.82) is 0 Å². The number of rotatable bonds is 7. The number of pyridine rings is 2. The van der Waals surface area contributed by atoms with E-state index in [1.165, 1.54) is 0 Å². The second-order valence-electron chi connectivity index (χ2n) is 7.83. The molecule has 1 aliphatic carbocycles. The number of ether oxygens (including phenoxy) is 1. The van der Waals surface area contributed by atoms with Crippen LogP contribution in [0.5, 0.6) is 5.75 Å². The Morgan fingerprint density at radius 3 is 2.74 bits per heavy atom. The number of nitrogens with one attached hydrogen (secondary N) is 4. The highest BCUT2D eigenvalue weighted by molar-refractivity contribution is 6.29. The molecule has 1 amide bonds. The third kappa shape index (κ3) is 5.08. The summed E-state index contributed by atoms with van der Waals surface area (Å²) >= 11 is 6.35. The Morgan fingerprint density at radius 2 is 2.00 bits per heavy atom. The predicted molar refractivity (Wildman–Crippen MR) is 123 cm³/mol. The fourth-order valence-electron chi connectivity index (χ4n) is 4.09. The molecule has 4 rings (SSSR count). The average Bonchev–Trinajstić information content (AvgIpc) is 3.18. The molecule has 0 atom stereocenters. The van der Waals surface area contributed by atoms with E-state index < -0.39 is 0 Å². The third-order valence-corrected chi connectivity index (χ3v) is 5.82. The summed E-state index contributed by atoms with van der Waals surface area (Å²) in [4.78, 5) is 23.8. The van der Waals surface area contributed by atoms with E-state index in [4.69, 9.17) is 16.3 Å². The molecular formula is C22H27ClN6O2. The van der Waals surface area contributed by atoms with Gasteiger partial charge >= 0.3 is 0 Å². The lowest BCUT2D eigenvalue weighted by Crippen LogP contribution is -2.43. The molecular weight excluding hydrogens is 416 g/mol. The summed E-state index contributed by atoms with van der Waals surface area (Å²) in [5.74, 6) is 1.49. The van der Waals surface area contributed by atoms with Crippen molar-refractivity contribution >= 4 is 34.4 Å². The number of H-pyrrole nitrogens is 1. The summed E-state index contributed by atoms with van der Waals surface area (Å²) < 4.78 is 5.32. The summed E-state index contributed by atoms with van der Waals surface area (Å²) in [5, 5.41) is 10.9. The van der Waals surface area contributed by atoms with E-state index in [0.717, 1.165) is 53.7 Å². The van der Waals surface area contributed by atoms with Crippen LogP contribution < -0.4 is 20.7 Å². The van der Waals surface area contributed by atoms with Crippen molar-refractivity contribution in [3.63, 3.8) is 0 Å². The number of methoxy groups -OCH3 is 1. The zero-order valence-corrected chi connectivity index (χ0v) is 18.4. The summed E-state index contributed by atoms with van der Waals surface area (Å²) in [7, 11) is 3.40. The largest absolute Gasteiger partial charge is 0.495 e. The van der Waals surface area contributed by atoms with Gasteiger partial charge in [0.1, 0.15) is 22.4 Å². The number of aromatic nitrogens is 3. The van der Waals surface area contributed by atoms with Gasteiger partial charge in [0.25, 0.3) is 0 Å². The van der Waals surface area contributed by atoms with Crippen LogP contribution in [0.1, 0.15) is 25.7 Å². The molecule has 0 saturated heterocycles. The van der Waals surface area contributed by atoms with E-state index in [1.54, 1.807) is 20.4 Å². The zero-order chi connectivity index (χ0) is 21.8. The number of anilines is 1. The van der Waals surface area contributed by atoms with Crippen LogP contribution in [0.15, 0.2) is 30.6 Å². The summed E-state index contributed by atoms with van der Waals surface area (Å²) in [6.45, 7) is 0.350. The Balaban J connectivity index is 1.46. The van der Waals surface area contributed by atoms with Gasteiger partial charge in [-0.3, -0.25) is 4.79 Å². The van der Waals surface area contributed by atoms with Gasteiger partial charge in [0.2, 0.25) is 5.91 Å². The van der Waals surface area contributed by atoms with Crippen LogP contribution in [-0.2, 0) is 4.79 Å². The topological polar surface area (TPSA) is 104 Å². The van der Waals surface area contributed by atoms with Crippen LogP contribution >= 0.6 is 11.6 Å². The number of carbonyl (C=O) groups is 1. The van der Waals surface area contributed by atoms with E-state index in [1.807, 2.05) is 24.4 Å².